The molecule has 1 saturated heterocycles. The fourth-order valence-corrected chi connectivity index (χ4v) is 2.01. The van der Waals surface area contributed by atoms with Gasteiger partial charge >= 0.3 is 0 Å². The van der Waals surface area contributed by atoms with Crippen molar-refractivity contribution in [2.75, 3.05) is 13.2 Å². The van der Waals surface area contributed by atoms with Crippen LogP contribution in [0.25, 0.3) is 0 Å². The van der Waals surface area contributed by atoms with Gasteiger partial charge < -0.3 is 10.1 Å². The molecular formula is C13H22N2O2. The van der Waals surface area contributed by atoms with E-state index in [2.05, 4.69) is 5.32 Å². The Morgan fingerprint density at radius 1 is 1.53 bits per heavy atom. The standard InChI is InChI=1S/C13H22N2O2/c1-10(2)12(9-14)13(16)15-7-6-11-5-3-4-8-17-11/h10-12H,3-8H2,1-2H3,(H,15,16). The molecule has 0 aromatic rings. The second-order valence-corrected chi connectivity index (χ2v) is 4.92. The molecule has 4 nitrogen and oxygen atoms in total. The van der Waals surface area contributed by atoms with Crippen molar-refractivity contribution in [3.63, 3.8) is 0 Å². The number of carbonyl (C=O) groups excluding carboxylic acids is 1. The minimum atomic E-state index is -0.540. The van der Waals surface area contributed by atoms with Crippen molar-refractivity contribution < 1.29 is 9.53 Å². The summed E-state index contributed by atoms with van der Waals surface area (Å²) < 4.78 is 5.58. The van der Waals surface area contributed by atoms with Gasteiger partial charge in [0.05, 0.1) is 12.2 Å². The first kappa shape index (κ1) is 14.0. The maximum atomic E-state index is 11.7. The van der Waals surface area contributed by atoms with E-state index in [-0.39, 0.29) is 17.9 Å². The minimum Gasteiger partial charge on any atom is -0.378 e. The molecule has 1 N–H and O–H groups in total. The van der Waals surface area contributed by atoms with Gasteiger partial charge in [0.15, 0.2) is 0 Å². The van der Waals surface area contributed by atoms with Crippen molar-refractivity contribution in [2.45, 2.75) is 45.6 Å². The lowest BCUT2D eigenvalue weighted by Crippen LogP contribution is -2.35. The van der Waals surface area contributed by atoms with Gasteiger partial charge in [0.25, 0.3) is 0 Å². The summed E-state index contributed by atoms with van der Waals surface area (Å²) in [6, 6.07) is 2.05. The van der Waals surface area contributed by atoms with Crippen molar-refractivity contribution in [1.82, 2.24) is 5.32 Å². The predicted molar refractivity (Wildman–Crippen MR) is 65.2 cm³/mol. The number of ether oxygens (including phenoxy) is 1. The Labute approximate surface area is 103 Å². The Hall–Kier alpha value is -1.08. The molecule has 0 spiro atoms. The Morgan fingerprint density at radius 2 is 2.29 bits per heavy atom. The lowest BCUT2D eigenvalue weighted by Gasteiger charge is -2.22. The van der Waals surface area contributed by atoms with E-state index in [9.17, 15) is 4.79 Å². The summed E-state index contributed by atoms with van der Waals surface area (Å²) in [5.41, 5.74) is 0. The highest BCUT2D eigenvalue weighted by molar-refractivity contribution is 5.81. The van der Waals surface area contributed by atoms with E-state index >= 15 is 0 Å². The highest BCUT2D eigenvalue weighted by Crippen LogP contribution is 2.15. The monoisotopic (exact) mass is 238 g/mol. The molecule has 1 heterocycles. The highest BCUT2D eigenvalue weighted by atomic mass is 16.5. The molecule has 1 fully saturated rings. The quantitative estimate of drug-likeness (QED) is 0.795. The lowest BCUT2D eigenvalue weighted by molar-refractivity contribution is -0.124. The van der Waals surface area contributed by atoms with Gasteiger partial charge in [-0.05, 0) is 31.6 Å². The van der Waals surface area contributed by atoms with Crippen LogP contribution in [-0.2, 0) is 9.53 Å². The number of nitriles is 1. The molecule has 1 aliphatic heterocycles. The van der Waals surface area contributed by atoms with Crippen LogP contribution in [0.5, 0.6) is 0 Å². The number of carbonyl (C=O) groups is 1. The van der Waals surface area contributed by atoms with Gasteiger partial charge in [-0.1, -0.05) is 13.8 Å². The molecule has 1 amide bonds. The zero-order valence-electron chi connectivity index (χ0n) is 10.7. The van der Waals surface area contributed by atoms with Crippen LogP contribution in [0.4, 0.5) is 0 Å². The topological polar surface area (TPSA) is 62.1 Å². The highest BCUT2D eigenvalue weighted by Gasteiger charge is 2.21. The third kappa shape index (κ3) is 4.74. The van der Waals surface area contributed by atoms with E-state index in [0.717, 1.165) is 25.9 Å². The molecule has 2 atom stereocenters. The van der Waals surface area contributed by atoms with Crippen LogP contribution in [0, 0.1) is 23.2 Å². The molecule has 0 aromatic carbocycles. The third-order valence-corrected chi connectivity index (χ3v) is 3.13. The molecule has 0 saturated carbocycles. The van der Waals surface area contributed by atoms with E-state index in [1.807, 2.05) is 19.9 Å². The molecule has 96 valence electrons. The van der Waals surface area contributed by atoms with Crippen LogP contribution in [-0.4, -0.2) is 25.2 Å². The van der Waals surface area contributed by atoms with Gasteiger partial charge in [-0.3, -0.25) is 4.79 Å². The number of hydrogen-bond donors (Lipinski definition) is 1. The van der Waals surface area contributed by atoms with E-state index in [4.69, 9.17) is 10.00 Å². The predicted octanol–water partition coefficient (Wildman–Crippen LogP) is 1.86. The van der Waals surface area contributed by atoms with Crippen molar-refractivity contribution >= 4 is 5.91 Å². The molecular weight excluding hydrogens is 216 g/mol. The summed E-state index contributed by atoms with van der Waals surface area (Å²) >= 11 is 0. The molecule has 17 heavy (non-hydrogen) atoms. The van der Waals surface area contributed by atoms with E-state index in [0.29, 0.717) is 6.54 Å². The van der Waals surface area contributed by atoms with Gasteiger partial charge in [-0.2, -0.15) is 5.26 Å². The number of amides is 1. The molecule has 0 radical (unpaired) electrons. The van der Waals surface area contributed by atoms with Crippen molar-refractivity contribution in [1.29, 1.82) is 5.26 Å². The van der Waals surface area contributed by atoms with Gasteiger partial charge in [0.2, 0.25) is 5.91 Å². The Balaban J connectivity index is 2.21. The first-order chi connectivity index (χ1) is 8.15. The van der Waals surface area contributed by atoms with Crippen LogP contribution in [0.3, 0.4) is 0 Å². The minimum absolute atomic E-state index is 0.0610. The average molecular weight is 238 g/mol. The number of nitrogens with one attached hydrogen (secondary N) is 1. The van der Waals surface area contributed by atoms with Gasteiger partial charge in [-0.15, -0.1) is 0 Å². The van der Waals surface area contributed by atoms with E-state index in [1.54, 1.807) is 0 Å². The second-order valence-electron chi connectivity index (χ2n) is 4.92. The summed E-state index contributed by atoms with van der Waals surface area (Å²) in [7, 11) is 0. The van der Waals surface area contributed by atoms with E-state index in [1.165, 1.54) is 6.42 Å². The Morgan fingerprint density at radius 3 is 2.82 bits per heavy atom. The fraction of sp³-hybridized carbons (Fsp3) is 0.846. The second kappa shape index (κ2) is 7.29. The molecule has 0 bridgehead atoms. The largest absolute Gasteiger partial charge is 0.378 e. The Kier molecular flexibility index (Phi) is 5.99. The fourth-order valence-electron chi connectivity index (χ4n) is 2.01. The lowest BCUT2D eigenvalue weighted by atomic mass is 9.96. The van der Waals surface area contributed by atoms with Crippen LogP contribution >= 0.6 is 0 Å². The van der Waals surface area contributed by atoms with E-state index < -0.39 is 5.92 Å². The van der Waals surface area contributed by atoms with Gasteiger partial charge in [0.1, 0.15) is 5.92 Å². The zero-order chi connectivity index (χ0) is 12.7. The average Bonchev–Trinajstić information content (AvgIpc) is 2.30. The summed E-state index contributed by atoms with van der Waals surface area (Å²) in [5.74, 6) is -0.633. The number of rotatable bonds is 5. The molecule has 1 rings (SSSR count). The number of hydrogen-bond acceptors (Lipinski definition) is 3. The smallest absolute Gasteiger partial charge is 0.237 e. The number of nitrogens with zero attached hydrogens (tertiary/aromatic N) is 1. The maximum Gasteiger partial charge on any atom is 0.237 e. The van der Waals surface area contributed by atoms with Crippen molar-refractivity contribution in [3.05, 3.63) is 0 Å². The molecule has 0 aromatic heterocycles. The first-order valence-electron chi connectivity index (χ1n) is 6.44. The summed E-state index contributed by atoms with van der Waals surface area (Å²) in [6.45, 7) is 5.22. The third-order valence-electron chi connectivity index (χ3n) is 3.13. The molecule has 0 aliphatic carbocycles. The first-order valence-corrected chi connectivity index (χ1v) is 6.44. The van der Waals surface area contributed by atoms with Crippen LogP contribution < -0.4 is 5.32 Å². The van der Waals surface area contributed by atoms with Crippen LogP contribution in [0.15, 0.2) is 0 Å². The normalized spacial score (nSPS) is 21.9. The van der Waals surface area contributed by atoms with Crippen molar-refractivity contribution in [2.24, 2.45) is 11.8 Å². The van der Waals surface area contributed by atoms with Gasteiger partial charge in [0, 0.05) is 13.2 Å². The summed E-state index contributed by atoms with van der Waals surface area (Å²) in [5, 5.41) is 11.7. The summed E-state index contributed by atoms with van der Waals surface area (Å²) in [6.07, 6.45) is 4.57. The van der Waals surface area contributed by atoms with Gasteiger partial charge in [-0.25, -0.2) is 0 Å². The summed E-state index contributed by atoms with van der Waals surface area (Å²) in [4.78, 5) is 11.7. The van der Waals surface area contributed by atoms with Crippen LogP contribution in [0.2, 0.25) is 0 Å². The SMILES string of the molecule is CC(C)C(C#N)C(=O)NCCC1CCCCO1. The zero-order valence-corrected chi connectivity index (χ0v) is 10.7. The van der Waals surface area contributed by atoms with Crippen molar-refractivity contribution in [3.8, 4) is 6.07 Å². The molecule has 2 unspecified atom stereocenters. The maximum absolute atomic E-state index is 11.7. The molecule has 4 heteroatoms. The van der Waals surface area contributed by atoms with Crippen LogP contribution in [0.1, 0.15) is 39.5 Å². The Bertz CT molecular complexity index is 278. The molecule has 1 aliphatic rings.